The molecular formula is C11H25NO2. The van der Waals surface area contributed by atoms with Gasteiger partial charge in [-0.05, 0) is 25.2 Å². The largest absolute Gasteiger partial charge is 0.382 e. The average Bonchev–Trinajstić information content (AvgIpc) is 2.10. The minimum atomic E-state index is 0.334. The van der Waals surface area contributed by atoms with Gasteiger partial charge in [0.2, 0.25) is 0 Å². The second kappa shape index (κ2) is 9.44. The van der Waals surface area contributed by atoms with Crippen molar-refractivity contribution in [2.45, 2.75) is 39.2 Å². The molecule has 14 heavy (non-hydrogen) atoms. The van der Waals surface area contributed by atoms with Gasteiger partial charge in [0.05, 0.1) is 13.2 Å². The minimum Gasteiger partial charge on any atom is -0.382 e. The fraction of sp³-hybridized carbons (Fsp3) is 1.00. The van der Waals surface area contributed by atoms with Gasteiger partial charge in [-0.25, -0.2) is 0 Å². The molecule has 2 N–H and O–H groups in total. The first-order valence-electron chi connectivity index (χ1n) is 5.49. The summed E-state index contributed by atoms with van der Waals surface area (Å²) < 4.78 is 10.2. The third-order valence-corrected chi connectivity index (χ3v) is 2.07. The van der Waals surface area contributed by atoms with Crippen molar-refractivity contribution in [1.82, 2.24) is 0 Å². The van der Waals surface area contributed by atoms with Crippen molar-refractivity contribution in [2.75, 3.05) is 26.9 Å². The van der Waals surface area contributed by atoms with Crippen LogP contribution in [0.15, 0.2) is 0 Å². The van der Waals surface area contributed by atoms with Gasteiger partial charge >= 0.3 is 0 Å². The fourth-order valence-corrected chi connectivity index (χ4v) is 1.42. The van der Waals surface area contributed by atoms with Crippen LogP contribution < -0.4 is 5.73 Å². The third-order valence-electron chi connectivity index (χ3n) is 2.07. The van der Waals surface area contributed by atoms with Gasteiger partial charge in [-0.15, -0.1) is 0 Å². The molecule has 0 rings (SSSR count). The Balaban J connectivity index is 3.10. The Labute approximate surface area is 88.0 Å². The maximum Gasteiger partial charge on any atom is 0.0700 e. The summed E-state index contributed by atoms with van der Waals surface area (Å²) in [7, 11) is 1.68. The van der Waals surface area contributed by atoms with Crippen molar-refractivity contribution in [3.8, 4) is 0 Å². The predicted octanol–water partition coefficient (Wildman–Crippen LogP) is 1.80. The molecule has 1 unspecified atom stereocenters. The first kappa shape index (κ1) is 13.9. The molecule has 0 aromatic heterocycles. The van der Waals surface area contributed by atoms with E-state index in [0.717, 1.165) is 25.9 Å². The van der Waals surface area contributed by atoms with Gasteiger partial charge in [0.25, 0.3) is 0 Å². The standard InChI is InChI=1S/C11H25NO2/c1-10(2)9-11(12)5-4-6-14-8-7-13-3/h10-11H,4-9,12H2,1-3H3. The van der Waals surface area contributed by atoms with E-state index >= 15 is 0 Å². The van der Waals surface area contributed by atoms with Crippen LogP contribution in [0.2, 0.25) is 0 Å². The zero-order chi connectivity index (χ0) is 10.8. The minimum absolute atomic E-state index is 0.334. The van der Waals surface area contributed by atoms with Gasteiger partial charge in [0.15, 0.2) is 0 Å². The summed E-state index contributed by atoms with van der Waals surface area (Å²) in [6.45, 7) is 6.58. The highest BCUT2D eigenvalue weighted by Crippen LogP contribution is 2.07. The number of rotatable bonds is 9. The molecule has 1 atom stereocenters. The van der Waals surface area contributed by atoms with E-state index in [-0.39, 0.29) is 0 Å². The molecule has 0 aliphatic carbocycles. The second-order valence-electron chi connectivity index (χ2n) is 4.14. The van der Waals surface area contributed by atoms with Crippen molar-refractivity contribution in [2.24, 2.45) is 11.7 Å². The van der Waals surface area contributed by atoms with Gasteiger partial charge in [0, 0.05) is 19.8 Å². The van der Waals surface area contributed by atoms with Gasteiger partial charge in [-0.3, -0.25) is 0 Å². The van der Waals surface area contributed by atoms with Crippen molar-refractivity contribution < 1.29 is 9.47 Å². The van der Waals surface area contributed by atoms with E-state index in [4.69, 9.17) is 15.2 Å². The van der Waals surface area contributed by atoms with E-state index < -0.39 is 0 Å². The average molecular weight is 203 g/mol. The van der Waals surface area contributed by atoms with E-state index in [2.05, 4.69) is 13.8 Å². The molecule has 0 amide bonds. The molecule has 0 aromatic rings. The summed E-state index contributed by atoms with van der Waals surface area (Å²) in [4.78, 5) is 0. The normalized spacial score (nSPS) is 13.5. The Morgan fingerprint density at radius 2 is 1.86 bits per heavy atom. The predicted molar refractivity (Wildman–Crippen MR) is 59.4 cm³/mol. The first-order valence-corrected chi connectivity index (χ1v) is 5.49. The molecular weight excluding hydrogens is 178 g/mol. The monoisotopic (exact) mass is 203 g/mol. The van der Waals surface area contributed by atoms with Crippen LogP contribution in [0.1, 0.15) is 33.1 Å². The fourth-order valence-electron chi connectivity index (χ4n) is 1.42. The van der Waals surface area contributed by atoms with E-state index in [9.17, 15) is 0 Å². The molecule has 3 heteroatoms. The van der Waals surface area contributed by atoms with E-state index in [0.29, 0.717) is 25.2 Å². The zero-order valence-electron chi connectivity index (χ0n) is 9.79. The third kappa shape index (κ3) is 9.96. The van der Waals surface area contributed by atoms with Gasteiger partial charge < -0.3 is 15.2 Å². The molecule has 0 saturated carbocycles. The Morgan fingerprint density at radius 1 is 1.14 bits per heavy atom. The highest BCUT2D eigenvalue weighted by atomic mass is 16.5. The van der Waals surface area contributed by atoms with Crippen LogP contribution >= 0.6 is 0 Å². The van der Waals surface area contributed by atoms with E-state index in [1.54, 1.807) is 7.11 Å². The summed E-state index contributed by atoms with van der Waals surface area (Å²) in [5, 5.41) is 0. The van der Waals surface area contributed by atoms with Crippen LogP contribution in [0.4, 0.5) is 0 Å². The molecule has 0 aliphatic rings. The first-order chi connectivity index (χ1) is 6.66. The van der Waals surface area contributed by atoms with Crippen LogP contribution in [-0.4, -0.2) is 33.0 Å². The lowest BCUT2D eigenvalue weighted by molar-refractivity contribution is 0.0680. The Kier molecular flexibility index (Phi) is 9.35. The molecule has 86 valence electrons. The lowest BCUT2D eigenvalue weighted by Gasteiger charge is -2.13. The SMILES string of the molecule is COCCOCCCC(N)CC(C)C. The lowest BCUT2D eigenvalue weighted by Crippen LogP contribution is -2.22. The van der Waals surface area contributed by atoms with Crippen molar-refractivity contribution in [3.63, 3.8) is 0 Å². The Bertz CT molecular complexity index is 118. The smallest absolute Gasteiger partial charge is 0.0700 e. The summed E-state index contributed by atoms with van der Waals surface area (Å²) in [5.41, 5.74) is 5.94. The van der Waals surface area contributed by atoms with Crippen molar-refractivity contribution in [1.29, 1.82) is 0 Å². The van der Waals surface area contributed by atoms with Crippen molar-refractivity contribution >= 4 is 0 Å². The Morgan fingerprint density at radius 3 is 2.43 bits per heavy atom. The second-order valence-corrected chi connectivity index (χ2v) is 4.14. The van der Waals surface area contributed by atoms with Gasteiger partial charge in [-0.2, -0.15) is 0 Å². The molecule has 0 saturated heterocycles. The molecule has 3 nitrogen and oxygen atoms in total. The molecule has 0 fully saturated rings. The molecule has 0 heterocycles. The van der Waals surface area contributed by atoms with Crippen LogP contribution in [0, 0.1) is 5.92 Å². The topological polar surface area (TPSA) is 44.5 Å². The van der Waals surface area contributed by atoms with Crippen LogP contribution in [0.25, 0.3) is 0 Å². The van der Waals surface area contributed by atoms with Gasteiger partial charge in [0.1, 0.15) is 0 Å². The maximum atomic E-state index is 5.94. The zero-order valence-corrected chi connectivity index (χ0v) is 9.79. The number of methoxy groups -OCH3 is 1. The quantitative estimate of drug-likeness (QED) is 0.581. The van der Waals surface area contributed by atoms with Crippen LogP contribution in [0.3, 0.4) is 0 Å². The highest BCUT2D eigenvalue weighted by Gasteiger charge is 2.04. The van der Waals surface area contributed by atoms with Gasteiger partial charge in [-0.1, -0.05) is 13.8 Å². The summed E-state index contributed by atoms with van der Waals surface area (Å²) in [5.74, 6) is 0.694. The Hall–Kier alpha value is -0.120. The molecule has 0 radical (unpaired) electrons. The summed E-state index contributed by atoms with van der Waals surface area (Å²) in [6.07, 6.45) is 3.22. The van der Waals surface area contributed by atoms with Crippen LogP contribution in [0.5, 0.6) is 0 Å². The van der Waals surface area contributed by atoms with Crippen LogP contribution in [-0.2, 0) is 9.47 Å². The maximum absolute atomic E-state index is 5.94. The molecule has 0 aliphatic heterocycles. The summed E-state index contributed by atoms with van der Waals surface area (Å²) in [6, 6.07) is 0.334. The highest BCUT2D eigenvalue weighted by molar-refractivity contribution is 4.62. The molecule has 0 aromatic carbocycles. The molecule has 0 bridgehead atoms. The number of nitrogens with two attached hydrogens (primary N) is 1. The summed E-state index contributed by atoms with van der Waals surface area (Å²) >= 11 is 0. The van der Waals surface area contributed by atoms with E-state index in [1.807, 2.05) is 0 Å². The number of ether oxygens (including phenoxy) is 2. The number of hydrogen-bond donors (Lipinski definition) is 1. The molecule has 0 spiro atoms. The van der Waals surface area contributed by atoms with E-state index in [1.165, 1.54) is 0 Å². The number of hydrogen-bond acceptors (Lipinski definition) is 3. The lowest BCUT2D eigenvalue weighted by atomic mass is 10.0. The van der Waals surface area contributed by atoms with Crippen molar-refractivity contribution in [3.05, 3.63) is 0 Å².